The van der Waals surface area contributed by atoms with Crippen molar-refractivity contribution in [3.63, 3.8) is 0 Å². The minimum Gasteiger partial charge on any atom is -0.322 e. The van der Waals surface area contributed by atoms with Gasteiger partial charge in [0.15, 0.2) is 5.78 Å². The summed E-state index contributed by atoms with van der Waals surface area (Å²) in [6.07, 6.45) is 9.31. The topological polar surface area (TPSA) is 77.2 Å². The number of halogens is 1. The van der Waals surface area contributed by atoms with Gasteiger partial charge in [-0.2, -0.15) is 0 Å². The average Bonchev–Trinajstić information content (AvgIpc) is 3.76. The average molecular weight is 586 g/mol. The van der Waals surface area contributed by atoms with Crippen molar-refractivity contribution in [2.24, 2.45) is 34.3 Å². The molecule has 43 heavy (non-hydrogen) atoms. The predicted molar refractivity (Wildman–Crippen MR) is 169 cm³/mol. The standard InChI is InChI=1S/C38H48FNO3/c1-23(25-6-8-27(9-7-25)35(42)31-20-28(31)12-15-34(41)24(2)40)32-21-38(18-16-29(17-19-38)37(3,4)5)22-33(36(32)43)26-10-13-30(39)14-11-26/h6-11,13-14,20,23-24,28-29,32-33H,12,15-19,21-22,40H2,1-5H3. The highest BCUT2D eigenvalue weighted by Gasteiger charge is 2.49. The molecule has 2 aromatic carbocycles. The Kier molecular flexibility index (Phi) is 8.96. The Morgan fingerprint density at radius 3 is 2.19 bits per heavy atom. The van der Waals surface area contributed by atoms with Crippen LogP contribution >= 0.6 is 0 Å². The molecule has 5 heteroatoms. The Balaban J connectivity index is 1.31. The summed E-state index contributed by atoms with van der Waals surface area (Å²) < 4.78 is 13.8. The van der Waals surface area contributed by atoms with Crippen LogP contribution in [0, 0.1) is 34.4 Å². The van der Waals surface area contributed by atoms with Crippen molar-refractivity contribution in [2.75, 3.05) is 0 Å². The Morgan fingerprint density at radius 1 is 0.977 bits per heavy atom. The summed E-state index contributed by atoms with van der Waals surface area (Å²) in [7, 11) is 0. The molecule has 5 atom stereocenters. The van der Waals surface area contributed by atoms with E-state index >= 15 is 0 Å². The first-order valence-electron chi connectivity index (χ1n) is 16.2. The van der Waals surface area contributed by atoms with Crippen molar-refractivity contribution >= 4 is 17.3 Å². The maximum Gasteiger partial charge on any atom is 0.189 e. The van der Waals surface area contributed by atoms with Crippen LogP contribution in [0.1, 0.15) is 119 Å². The number of ketones is 3. The minimum atomic E-state index is -0.470. The van der Waals surface area contributed by atoms with Gasteiger partial charge in [0.1, 0.15) is 17.4 Å². The molecule has 3 aliphatic carbocycles. The second-order valence-electron chi connectivity index (χ2n) is 14.9. The molecular weight excluding hydrogens is 537 g/mol. The number of carbonyl (C=O) groups excluding carboxylic acids is 3. The van der Waals surface area contributed by atoms with E-state index in [2.05, 4.69) is 27.7 Å². The van der Waals surface area contributed by atoms with Crippen LogP contribution in [-0.2, 0) is 9.59 Å². The number of benzene rings is 2. The maximum absolute atomic E-state index is 14.1. The van der Waals surface area contributed by atoms with E-state index in [1.807, 2.05) is 30.3 Å². The third-order valence-corrected chi connectivity index (χ3v) is 11.0. The normalized spacial score (nSPS) is 28.7. The lowest BCUT2D eigenvalue weighted by atomic mass is 9.53. The third-order valence-electron chi connectivity index (χ3n) is 11.0. The SMILES string of the molecule is CC(N)C(=O)CCC1C=C1C(=O)c1ccc(C(C)C2CC3(CCC(C(C)(C)C)CC3)CC(c3ccc(F)cc3)C2=O)cc1. The smallest absolute Gasteiger partial charge is 0.189 e. The van der Waals surface area contributed by atoms with Crippen LogP contribution in [0.25, 0.3) is 0 Å². The van der Waals surface area contributed by atoms with Crippen LogP contribution in [0.4, 0.5) is 4.39 Å². The molecular formula is C38H48FNO3. The zero-order valence-electron chi connectivity index (χ0n) is 26.5. The van der Waals surface area contributed by atoms with Gasteiger partial charge in [0.25, 0.3) is 0 Å². The highest BCUT2D eigenvalue weighted by atomic mass is 19.1. The van der Waals surface area contributed by atoms with E-state index in [0.717, 1.165) is 42.4 Å². The lowest BCUT2D eigenvalue weighted by Crippen LogP contribution is -2.44. The molecule has 2 N–H and O–H groups in total. The lowest BCUT2D eigenvalue weighted by Gasteiger charge is -2.50. The van der Waals surface area contributed by atoms with Crippen LogP contribution in [-0.4, -0.2) is 23.4 Å². The van der Waals surface area contributed by atoms with E-state index in [-0.39, 0.29) is 57.7 Å². The molecule has 2 aromatic rings. The molecule has 0 aliphatic heterocycles. The van der Waals surface area contributed by atoms with Crippen LogP contribution in [0.5, 0.6) is 0 Å². The van der Waals surface area contributed by atoms with Gasteiger partial charge >= 0.3 is 0 Å². The van der Waals surface area contributed by atoms with E-state index in [0.29, 0.717) is 24.3 Å². The Hall–Kier alpha value is -2.92. The van der Waals surface area contributed by atoms with Gasteiger partial charge in [-0.1, -0.05) is 70.2 Å². The van der Waals surface area contributed by atoms with Gasteiger partial charge in [-0.25, -0.2) is 4.39 Å². The van der Waals surface area contributed by atoms with Gasteiger partial charge in [0.05, 0.1) is 6.04 Å². The third kappa shape index (κ3) is 6.93. The molecule has 0 saturated heterocycles. The summed E-state index contributed by atoms with van der Waals surface area (Å²) in [5.41, 5.74) is 9.47. The van der Waals surface area contributed by atoms with Gasteiger partial charge in [-0.15, -0.1) is 0 Å². The number of nitrogens with two attached hydrogens (primary N) is 1. The van der Waals surface area contributed by atoms with Crippen molar-refractivity contribution in [1.82, 2.24) is 0 Å². The molecule has 0 amide bonds. The number of hydrogen-bond acceptors (Lipinski definition) is 4. The predicted octanol–water partition coefficient (Wildman–Crippen LogP) is 8.35. The fraction of sp³-hybridized carbons (Fsp3) is 0.553. The summed E-state index contributed by atoms with van der Waals surface area (Å²) >= 11 is 0. The number of hydrogen-bond donors (Lipinski definition) is 1. The minimum absolute atomic E-state index is 0.00858. The fourth-order valence-electron chi connectivity index (χ4n) is 7.86. The number of allylic oxidation sites excluding steroid dienone is 2. The first-order chi connectivity index (χ1) is 20.3. The maximum atomic E-state index is 14.1. The van der Waals surface area contributed by atoms with Crippen molar-refractivity contribution in [1.29, 1.82) is 0 Å². The summed E-state index contributed by atoms with van der Waals surface area (Å²) in [6.45, 7) is 10.9. The lowest BCUT2D eigenvalue weighted by molar-refractivity contribution is -0.132. The second-order valence-corrected chi connectivity index (χ2v) is 14.9. The highest BCUT2D eigenvalue weighted by molar-refractivity contribution is 6.12. The molecule has 0 aromatic heterocycles. The second kappa shape index (κ2) is 12.2. The number of carbonyl (C=O) groups is 3. The molecule has 4 nitrogen and oxygen atoms in total. The van der Waals surface area contributed by atoms with Crippen LogP contribution < -0.4 is 5.73 Å². The van der Waals surface area contributed by atoms with E-state index in [1.54, 1.807) is 19.1 Å². The largest absolute Gasteiger partial charge is 0.322 e. The zero-order valence-corrected chi connectivity index (χ0v) is 26.5. The van der Waals surface area contributed by atoms with E-state index in [4.69, 9.17) is 5.73 Å². The van der Waals surface area contributed by atoms with Gasteiger partial charge in [0, 0.05) is 35.3 Å². The van der Waals surface area contributed by atoms with Crippen molar-refractivity contribution in [2.45, 2.75) is 104 Å². The number of Topliss-reactive ketones (excluding diaryl/α,β-unsaturated/α-hetero) is 3. The van der Waals surface area contributed by atoms with Gasteiger partial charge in [-0.3, -0.25) is 14.4 Å². The molecule has 5 unspecified atom stereocenters. The summed E-state index contributed by atoms with van der Waals surface area (Å²) in [4.78, 5) is 39.1. The molecule has 0 bridgehead atoms. The quantitative estimate of drug-likeness (QED) is 0.300. The van der Waals surface area contributed by atoms with Crippen molar-refractivity contribution in [3.8, 4) is 0 Å². The first-order valence-corrected chi connectivity index (χ1v) is 16.2. The summed E-state index contributed by atoms with van der Waals surface area (Å²) in [5, 5.41) is 0. The van der Waals surface area contributed by atoms with E-state index in [9.17, 15) is 18.8 Å². The molecule has 1 spiro atoms. The molecule has 5 rings (SSSR count). The van der Waals surface area contributed by atoms with Crippen LogP contribution in [0.3, 0.4) is 0 Å². The highest BCUT2D eigenvalue weighted by Crippen LogP contribution is 2.57. The van der Waals surface area contributed by atoms with Gasteiger partial charge in [-0.05, 0) is 97.8 Å². The molecule has 0 heterocycles. The first kappa shape index (κ1) is 31.5. The van der Waals surface area contributed by atoms with Crippen molar-refractivity contribution < 1.29 is 18.8 Å². The molecule has 2 saturated carbocycles. The molecule has 3 aliphatic rings. The van der Waals surface area contributed by atoms with E-state index in [1.165, 1.54) is 25.0 Å². The monoisotopic (exact) mass is 585 g/mol. The van der Waals surface area contributed by atoms with Crippen LogP contribution in [0.2, 0.25) is 0 Å². The molecule has 230 valence electrons. The van der Waals surface area contributed by atoms with Crippen molar-refractivity contribution in [3.05, 3.63) is 82.7 Å². The van der Waals surface area contributed by atoms with E-state index < -0.39 is 6.04 Å². The summed E-state index contributed by atoms with van der Waals surface area (Å²) in [6, 6.07) is 13.9. The molecule has 2 fully saturated rings. The van der Waals surface area contributed by atoms with Gasteiger partial charge < -0.3 is 5.73 Å². The molecule has 0 radical (unpaired) electrons. The van der Waals surface area contributed by atoms with Gasteiger partial charge in [0.2, 0.25) is 0 Å². The number of rotatable bonds is 9. The Labute approximate surface area is 256 Å². The Bertz CT molecular complexity index is 1370. The zero-order chi connectivity index (χ0) is 31.1. The summed E-state index contributed by atoms with van der Waals surface area (Å²) in [5.74, 6) is 0.415. The Morgan fingerprint density at radius 2 is 1.60 bits per heavy atom. The fourth-order valence-corrected chi connectivity index (χ4v) is 7.86. The van der Waals surface area contributed by atoms with Crippen LogP contribution in [0.15, 0.2) is 60.2 Å².